The van der Waals surface area contributed by atoms with Crippen molar-refractivity contribution in [3.63, 3.8) is 0 Å². The molecule has 0 bridgehead atoms. The lowest BCUT2D eigenvalue weighted by molar-refractivity contribution is 0.0766. The molecular formula is C24H26Cl2FN7. The van der Waals surface area contributed by atoms with Gasteiger partial charge < -0.3 is 4.90 Å². The van der Waals surface area contributed by atoms with E-state index in [1.165, 1.54) is 6.42 Å². The molecule has 5 rings (SSSR count). The third-order valence-electron chi connectivity index (χ3n) is 6.97. The molecule has 0 radical (unpaired) electrons. The number of rotatable bonds is 4. The standard InChI is InChI=1S/C24H26Cl2FN7/c1-15(17-6-5-16(25)11-18(17)26)34-24-23(20(12-28)31-34)29-13-22(30-24)33-10-7-21(19(27)14-33)32-8-3-2-4-9-32/h5-6,11,13,15,19,21H,2-4,7-10,14H2,1H3. The number of fused-ring (bicyclic) bond motifs is 1. The molecule has 3 atom stereocenters. The maximum atomic E-state index is 15.2. The Morgan fingerprint density at radius 1 is 1.18 bits per heavy atom. The second kappa shape index (κ2) is 9.65. The first-order valence-corrected chi connectivity index (χ1v) is 12.4. The molecule has 2 aliphatic rings. The molecule has 2 aliphatic heterocycles. The molecule has 2 fully saturated rings. The lowest BCUT2D eigenvalue weighted by Gasteiger charge is -2.42. The number of anilines is 1. The van der Waals surface area contributed by atoms with Gasteiger partial charge in [0.05, 0.1) is 18.8 Å². The van der Waals surface area contributed by atoms with Crippen LogP contribution in [-0.4, -0.2) is 63.0 Å². The maximum absolute atomic E-state index is 15.2. The second-order valence-corrected chi connectivity index (χ2v) is 9.91. The number of halogens is 3. The van der Waals surface area contributed by atoms with Crippen LogP contribution in [0.2, 0.25) is 10.0 Å². The van der Waals surface area contributed by atoms with Crippen molar-refractivity contribution in [2.24, 2.45) is 0 Å². The van der Waals surface area contributed by atoms with E-state index in [-0.39, 0.29) is 24.3 Å². The second-order valence-electron chi connectivity index (χ2n) is 9.06. The minimum Gasteiger partial charge on any atom is -0.352 e. The molecule has 0 saturated carbocycles. The first-order valence-electron chi connectivity index (χ1n) is 11.7. The Balaban J connectivity index is 1.44. The summed E-state index contributed by atoms with van der Waals surface area (Å²) in [5.74, 6) is 0.590. The zero-order valence-corrected chi connectivity index (χ0v) is 20.5. The number of piperidine rings is 2. The van der Waals surface area contributed by atoms with Crippen molar-refractivity contribution in [1.29, 1.82) is 5.26 Å². The van der Waals surface area contributed by atoms with Crippen LogP contribution in [0.4, 0.5) is 10.2 Å². The number of benzene rings is 1. The molecule has 34 heavy (non-hydrogen) atoms. The molecule has 0 spiro atoms. The normalized spacial score (nSPS) is 22.6. The number of likely N-dealkylation sites (tertiary alicyclic amines) is 1. The zero-order valence-electron chi connectivity index (χ0n) is 19.0. The molecule has 10 heteroatoms. The van der Waals surface area contributed by atoms with E-state index < -0.39 is 6.17 Å². The SMILES string of the molecule is CC(c1ccc(Cl)cc1Cl)n1nc(C#N)c2ncc(N3CCC(N4CCCCC4)C(F)C3)nc21. The summed E-state index contributed by atoms with van der Waals surface area (Å²) in [5.41, 5.74) is 1.89. The molecule has 3 aromatic rings. The van der Waals surface area contributed by atoms with Gasteiger partial charge in [-0.25, -0.2) is 19.0 Å². The van der Waals surface area contributed by atoms with Gasteiger partial charge in [-0.1, -0.05) is 35.7 Å². The summed E-state index contributed by atoms with van der Waals surface area (Å²) >= 11 is 12.5. The van der Waals surface area contributed by atoms with Crippen molar-refractivity contribution < 1.29 is 4.39 Å². The molecule has 2 saturated heterocycles. The predicted octanol–water partition coefficient (Wildman–Crippen LogP) is 5.02. The van der Waals surface area contributed by atoms with Crippen molar-refractivity contribution >= 4 is 40.2 Å². The van der Waals surface area contributed by atoms with E-state index in [1.54, 1.807) is 23.0 Å². The third kappa shape index (κ3) is 4.33. The summed E-state index contributed by atoms with van der Waals surface area (Å²) in [6.07, 6.45) is 4.95. The molecule has 2 aromatic heterocycles. The Kier molecular flexibility index (Phi) is 6.61. The van der Waals surface area contributed by atoms with Gasteiger partial charge in [0.1, 0.15) is 23.6 Å². The molecule has 0 N–H and O–H groups in total. The maximum Gasteiger partial charge on any atom is 0.190 e. The van der Waals surface area contributed by atoms with Crippen LogP contribution >= 0.6 is 23.2 Å². The smallest absolute Gasteiger partial charge is 0.190 e. The number of nitrogens with zero attached hydrogens (tertiary/aromatic N) is 7. The first kappa shape index (κ1) is 23.3. The summed E-state index contributed by atoms with van der Waals surface area (Å²) in [5, 5.41) is 15.1. The van der Waals surface area contributed by atoms with Crippen molar-refractivity contribution in [3.8, 4) is 6.07 Å². The van der Waals surface area contributed by atoms with Crippen LogP contribution in [0.5, 0.6) is 0 Å². The van der Waals surface area contributed by atoms with Gasteiger partial charge in [0, 0.05) is 22.6 Å². The largest absolute Gasteiger partial charge is 0.352 e. The fraction of sp³-hybridized carbons (Fsp3) is 0.500. The van der Waals surface area contributed by atoms with E-state index in [1.807, 2.05) is 17.9 Å². The van der Waals surface area contributed by atoms with Crippen molar-refractivity contribution in [3.05, 3.63) is 45.7 Å². The van der Waals surface area contributed by atoms with Gasteiger partial charge in [-0.3, -0.25) is 4.90 Å². The minimum atomic E-state index is -0.948. The Morgan fingerprint density at radius 3 is 2.68 bits per heavy atom. The van der Waals surface area contributed by atoms with Crippen molar-refractivity contribution in [2.45, 2.75) is 50.9 Å². The third-order valence-corrected chi connectivity index (χ3v) is 7.53. The Bertz CT molecular complexity index is 1230. The minimum absolute atomic E-state index is 0.0315. The number of hydrogen-bond acceptors (Lipinski definition) is 6. The zero-order chi connectivity index (χ0) is 23.8. The number of hydrogen-bond donors (Lipinski definition) is 0. The van der Waals surface area contributed by atoms with Crippen LogP contribution in [0.15, 0.2) is 24.4 Å². The molecule has 0 aliphatic carbocycles. The summed E-state index contributed by atoms with van der Waals surface area (Å²) < 4.78 is 16.9. The summed E-state index contributed by atoms with van der Waals surface area (Å²) in [4.78, 5) is 13.6. The van der Waals surface area contributed by atoms with Crippen molar-refractivity contribution in [1.82, 2.24) is 24.6 Å². The lowest BCUT2D eigenvalue weighted by Crippen LogP contribution is -2.54. The Hall–Kier alpha value is -2.47. The molecule has 0 amide bonds. The van der Waals surface area contributed by atoms with Crippen LogP contribution in [-0.2, 0) is 0 Å². The van der Waals surface area contributed by atoms with Crippen LogP contribution in [0.3, 0.4) is 0 Å². The van der Waals surface area contributed by atoms with E-state index in [0.29, 0.717) is 33.6 Å². The first-order chi connectivity index (χ1) is 16.5. The molecule has 3 unspecified atom stereocenters. The lowest BCUT2D eigenvalue weighted by atomic mass is 9.98. The van der Waals surface area contributed by atoms with E-state index in [0.717, 1.165) is 37.9 Å². The fourth-order valence-corrected chi connectivity index (χ4v) is 5.70. The highest BCUT2D eigenvalue weighted by molar-refractivity contribution is 6.35. The number of nitriles is 1. The van der Waals surface area contributed by atoms with E-state index in [9.17, 15) is 5.26 Å². The number of alkyl halides is 1. The van der Waals surface area contributed by atoms with Gasteiger partial charge in [-0.05, 0) is 57.0 Å². The predicted molar refractivity (Wildman–Crippen MR) is 131 cm³/mol. The molecule has 178 valence electrons. The molecule has 1 aromatic carbocycles. The Morgan fingerprint density at radius 2 is 1.97 bits per heavy atom. The highest BCUT2D eigenvalue weighted by Crippen LogP contribution is 2.32. The summed E-state index contributed by atoms with van der Waals surface area (Å²) in [6.45, 7) is 4.88. The number of aromatic nitrogens is 4. The summed E-state index contributed by atoms with van der Waals surface area (Å²) in [7, 11) is 0. The van der Waals surface area contributed by atoms with Crippen LogP contribution in [0.1, 0.15) is 49.9 Å². The van der Waals surface area contributed by atoms with Crippen LogP contribution < -0.4 is 4.90 Å². The quantitative estimate of drug-likeness (QED) is 0.499. The fourth-order valence-electron chi connectivity index (χ4n) is 5.13. The van der Waals surface area contributed by atoms with Gasteiger partial charge >= 0.3 is 0 Å². The van der Waals surface area contributed by atoms with E-state index >= 15 is 4.39 Å². The van der Waals surface area contributed by atoms with Crippen LogP contribution in [0, 0.1) is 11.3 Å². The highest BCUT2D eigenvalue weighted by Gasteiger charge is 2.35. The van der Waals surface area contributed by atoms with Crippen LogP contribution in [0.25, 0.3) is 11.2 Å². The van der Waals surface area contributed by atoms with Gasteiger partial charge in [-0.15, -0.1) is 0 Å². The van der Waals surface area contributed by atoms with E-state index in [2.05, 4.69) is 21.1 Å². The average Bonchev–Trinajstić information content (AvgIpc) is 3.22. The van der Waals surface area contributed by atoms with Gasteiger partial charge in [0.25, 0.3) is 0 Å². The monoisotopic (exact) mass is 501 g/mol. The highest BCUT2D eigenvalue weighted by atomic mass is 35.5. The molecule has 4 heterocycles. The Labute approximate surface area is 208 Å². The molecular weight excluding hydrogens is 476 g/mol. The summed E-state index contributed by atoms with van der Waals surface area (Å²) in [6, 6.07) is 7.04. The van der Waals surface area contributed by atoms with Gasteiger partial charge in [-0.2, -0.15) is 10.4 Å². The molecule has 7 nitrogen and oxygen atoms in total. The van der Waals surface area contributed by atoms with Gasteiger partial charge in [0.15, 0.2) is 11.3 Å². The average molecular weight is 502 g/mol. The topological polar surface area (TPSA) is 73.9 Å². The van der Waals surface area contributed by atoms with Crippen molar-refractivity contribution in [2.75, 3.05) is 31.1 Å². The van der Waals surface area contributed by atoms with Gasteiger partial charge in [0.2, 0.25) is 0 Å². The van der Waals surface area contributed by atoms with E-state index in [4.69, 9.17) is 28.2 Å².